The first-order valence-electron chi connectivity index (χ1n) is 10.0. The minimum absolute atomic E-state index is 0.00902. The lowest BCUT2D eigenvalue weighted by molar-refractivity contribution is -0.120. The molecule has 0 spiro atoms. The highest BCUT2D eigenvalue weighted by atomic mass is 32.2. The van der Waals surface area contributed by atoms with Crippen LogP contribution in [0, 0.1) is 0 Å². The molecule has 2 N–H and O–H groups in total. The number of hydrogen-bond acceptors (Lipinski definition) is 7. The fourth-order valence-electron chi connectivity index (χ4n) is 2.91. The van der Waals surface area contributed by atoms with Gasteiger partial charge in [0.1, 0.15) is 5.82 Å². The van der Waals surface area contributed by atoms with E-state index in [-0.39, 0.29) is 5.91 Å². The molecule has 0 aliphatic carbocycles. The molecule has 8 nitrogen and oxygen atoms in total. The second-order valence-corrected chi connectivity index (χ2v) is 8.60. The van der Waals surface area contributed by atoms with E-state index >= 15 is 0 Å². The lowest BCUT2D eigenvalue weighted by Gasteiger charge is -2.11. The fourth-order valence-corrected chi connectivity index (χ4v) is 3.62. The summed E-state index contributed by atoms with van der Waals surface area (Å²) in [6.07, 6.45) is 2.13. The van der Waals surface area contributed by atoms with Crippen molar-refractivity contribution in [2.24, 2.45) is 0 Å². The number of rotatable bonds is 11. The molecule has 0 radical (unpaired) electrons. The van der Waals surface area contributed by atoms with Crippen molar-refractivity contribution in [1.82, 2.24) is 25.1 Å². The van der Waals surface area contributed by atoms with Gasteiger partial charge in [0.25, 0.3) is 0 Å². The van der Waals surface area contributed by atoms with E-state index in [1.165, 1.54) is 0 Å². The summed E-state index contributed by atoms with van der Waals surface area (Å²) in [4.78, 5) is 21.5. The zero-order valence-corrected chi connectivity index (χ0v) is 18.4. The highest BCUT2D eigenvalue weighted by Gasteiger charge is 2.14. The molecule has 160 valence electrons. The molecule has 2 aromatic heterocycles. The lowest BCUT2D eigenvalue weighted by atomic mass is 10.1. The van der Waals surface area contributed by atoms with Gasteiger partial charge in [0.15, 0.2) is 10.8 Å². The van der Waals surface area contributed by atoms with Crippen LogP contribution in [-0.2, 0) is 22.5 Å². The van der Waals surface area contributed by atoms with Gasteiger partial charge in [-0.05, 0) is 5.56 Å². The Hall–Kier alpha value is -2.65. The third-order valence-electron chi connectivity index (χ3n) is 4.27. The van der Waals surface area contributed by atoms with Gasteiger partial charge in [0.2, 0.25) is 5.91 Å². The van der Waals surface area contributed by atoms with Crippen LogP contribution in [-0.4, -0.2) is 57.7 Å². The Kier molecular flexibility index (Phi) is 8.04. The van der Waals surface area contributed by atoms with Crippen LogP contribution in [0.15, 0.2) is 41.7 Å². The zero-order valence-electron chi connectivity index (χ0n) is 17.6. The molecule has 0 saturated heterocycles. The maximum Gasteiger partial charge on any atom is 0.224 e. The van der Waals surface area contributed by atoms with Crippen LogP contribution in [0.1, 0.15) is 19.4 Å². The van der Waals surface area contributed by atoms with Crippen molar-refractivity contribution in [2.75, 3.05) is 32.1 Å². The van der Waals surface area contributed by atoms with Gasteiger partial charge >= 0.3 is 0 Å². The van der Waals surface area contributed by atoms with Gasteiger partial charge in [-0.3, -0.25) is 4.79 Å². The van der Waals surface area contributed by atoms with Crippen LogP contribution >= 0.6 is 11.8 Å². The molecule has 0 unspecified atom stereocenters. The van der Waals surface area contributed by atoms with Gasteiger partial charge in [-0.25, -0.2) is 14.6 Å². The lowest BCUT2D eigenvalue weighted by Crippen LogP contribution is -2.28. The number of nitrogens with one attached hydrogen (secondary N) is 2. The highest BCUT2D eigenvalue weighted by Crippen LogP contribution is 2.26. The number of anilines is 1. The summed E-state index contributed by atoms with van der Waals surface area (Å²) in [6.45, 7) is 6.45. The quantitative estimate of drug-likeness (QED) is 0.275. The van der Waals surface area contributed by atoms with Crippen molar-refractivity contribution < 1.29 is 9.53 Å². The number of ether oxygens (including phenoxy) is 1. The number of methoxy groups -OCH3 is 1. The van der Waals surface area contributed by atoms with Crippen molar-refractivity contribution in [3.05, 3.63) is 42.1 Å². The first-order chi connectivity index (χ1) is 14.6. The second kappa shape index (κ2) is 10.9. The molecular formula is C21H28N6O2S. The zero-order chi connectivity index (χ0) is 21.3. The number of benzene rings is 1. The number of nitrogens with zero attached hydrogens (tertiary/aromatic N) is 4. The van der Waals surface area contributed by atoms with Gasteiger partial charge in [-0.2, -0.15) is 5.10 Å². The molecule has 0 bridgehead atoms. The maximum atomic E-state index is 12.2. The summed E-state index contributed by atoms with van der Waals surface area (Å²) >= 11 is 1.60. The monoisotopic (exact) mass is 428 g/mol. The van der Waals surface area contributed by atoms with Crippen molar-refractivity contribution in [3.63, 3.8) is 0 Å². The Morgan fingerprint density at radius 2 is 2.00 bits per heavy atom. The molecule has 1 aromatic carbocycles. The first-order valence-corrected chi connectivity index (χ1v) is 10.9. The molecular weight excluding hydrogens is 400 g/mol. The number of carbonyl (C=O) groups excluding carboxylic acids is 1. The summed E-state index contributed by atoms with van der Waals surface area (Å²) in [5.74, 6) is 0.741. The number of aromatic nitrogens is 4. The van der Waals surface area contributed by atoms with Crippen LogP contribution in [0.2, 0.25) is 0 Å². The molecule has 0 atom stereocenters. The molecule has 0 aliphatic heterocycles. The van der Waals surface area contributed by atoms with Crippen molar-refractivity contribution in [1.29, 1.82) is 0 Å². The van der Waals surface area contributed by atoms with Crippen molar-refractivity contribution in [3.8, 4) is 0 Å². The Balaban J connectivity index is 1.68. The predicted molar refractivity (Wildman–Crippen MR) is 120 cm³/mol. The molecule has 0 aliphatic rings. The second-order valence-electron chi connectivity index (χ2n) is 7.06. The SMILES string of the molecule is COCCNc1nc(SC(C)C)nc2c1cnn2CCNC(=O)Cc1ccccc1. The van der Waals surface area contributed by atoms with E-state index < -0.39 is 0 Å². The predicted octanol–water partition coefficient (Wildman–Crippen LogP) is 2.74. The van der Waals surface area contributed by atoms with Gasteiger partial charge in [0, 0.05) is 25.4 Å². The van der Waals surface area contributed by atoms with Crippen molar-refractivity contribution in [2.45, 2.75) is 37.2 Å². The van der Waals surface area contributed by atoms with E-state index in [2.05, 4.69) is 34.6 Å². The largest absolute Gasteiger partial charge is 0.383 e. The smallest absolute Gasteiger partial charge is 0.224 e. The normalized spacial score (nSPS) is 11.2. The highest BCUT2D eigenvalue weighted by molar-refractivity contribution is 7.99. The Morgan fingerprint density at radius 1 is 1.20 bits per heavy atom. The van der Waals surface area contributed by atoms with E-state index in [1.807, 2.05) is 35.0 Å². The third-order valence-corrected chi connectivity index (χ3v) is 5.13. The Bertz CT molecular complexity index is 961. The fraction of sp³-hybridized carbons (Fsp3) is 0.429. The molecule has 1 amide bonds. The average Bonchev–Trinajstić information content (AvgIpc) is 3.11. The number of fused-ring (bicyclic) bond motifs is 1. The van der Waals surface area contributed by atoms with E-state index in [9.17, 15) is 4.79 Å². The summed E-state index contributed by atoms with van der Waals surface area (Å²) in [5.41, 5.74) is 1.75. The van der Waals surface area contributed by atoms with Crippen LogP contribution in [0.4, 0.5) is 5.82 Å². The average molecular weight is 429 g/mol. The molecule has 3 aromatic rings. The Labute approximate surface area is 180 Å². The summed E-state index contributed by atoms with van der Waals surface area (Å²) in [5, 5.41) is 12.7. The van der Waals surface area contributed by atoms with Crippen LogP contribution in [0.3, 0.4) is 0 Å². The van der Waals surface area contributed by atoms with E-state index in [0.717, 1.165) is 22.4 Å². The van der Waals surface area contributed by atoms with E-state index in [0.29, 0.717) is 43.1 Å². The van der Waals surface area contributed by atoms with Gasteiger partial charge in [-0.1, -0.05) is 55.9 Å². The van der Waals surface area contributed by atoms with Gasteiger partial charge < -0.3 is 15.4 Å². The molecule has 2 heterocycles. The van der Waals surface area contributed by atoms with Crippen LogP contribution in [0.25, 0.3) is 11.0 Å². The number of amides is 1. The van der Waals surface area contributed by atoms with Gasteiger partial charge in [0.05, 0.1) is 31.2 Å². The minimum Gasteiger partial charge on any atom is -0.383 e. The maximum absolute atomic E-state index is 12.2. The molecule has 0 fully saturated rings. The molecule has 9 heteroatoms. The topological polar surface area (TPSA) is 94.0 Å². The summed E-state index contributed by atoms with van der Waals surface area (Å²) < 4.78 is 6.93. The first kappa shape index (κ1) is 22.0. The van der Waals surface area contributed by atoms with Crippen LogP contribution in [0.5, 0.6) is 0 Å². The van der Waals surface area contributed by atoms with Crippen molar-refractivity contribution >= 4 is 34.5 Å². The van der Waals surface area contributed by atoms with E-state index in [4.69, 9.17) is 9.72 Å². The number of thioether (sulfide) groups is 1. The van der Waals surface area contributed by atoms with E-state index in [1.54, 1.807) is 25.1 Å². The molecule has 0 saturated carbocycles. The number of hydrogen-bond donors (Lipinski definition) is 2. The minimum atomic E-state index is -0.00902. The van der Waals surface area contributed by atoms with Gasteiger partial charge in [-0.15, -0.1) is 0 Å². The third kappa shape index (κ3) is 6.17. The molecule has 3 rings (SSSR count). The standard InChI is InChI=1S/C21H28N6O2S/c1-15(2)30-21-25-19(23-10-12-29-3)17-14-24-27(20(17)26-21)11-9-22-18(28)13-16-7-5-4-6-8-16/h4-8,14-15H,9-13H2,1-3H3,(H,22,28)(H,23,25,26). The number of carbonyl (C=O) groups is 1. The van der Waals surface area contributed by atoms with Crippen LogP contribution < -0.4 is 10.6 Å². The summed E-state index contributed by atoms with van der Waals surface area (Å²) in [6, 6.07) is 9.70. The summed E-state index contributed by atoms with van der Waals surface area (Å²) in [7, 11) is 1.67. The molecule has 30 heavy (non-hydrogen) atoms. The Morgan fingerprint density at radius 3 is 2.73 bits per heavy atom.